The molecule has 0 saturated heterocycles. The number of rotatable bonds is 5. The van der Waals surface area contributed by atoms with E-state index in [2.05, 4.69) is 42.4 Å². The van der Waals surface area contributed by atoms with Crippen molar-refractivity contribution in [3.8, 4) is 0 Å². The molecule has 24 heavy (non-hydrogen) atoms. The van der Waals surface area contributed by atoms with E-state index >= 15 is 0 Å². The molecular formula is C15H25IN8. The largest absolute Gasteiger partial charge is 0.357 e. The van der Waals surface area contributed by atoms with Gasteiger partial charge in [0.05, 0.1) is 18.8 Å². The van der Waals surface area contributed by atoms with Gasteiger partial charge in [0.15, 0.2) is 11.8 Å². The van der Waals surface area contributed by atoms with Crippen LogP contribution in [0, 0.1) is 0 Å². The second kappa shape index (κ2) is 9.00. The summed E-state index contributed by atoms with van der Waals surface area (Å²) in [4.78, 5) is 4.60. The Bertz CT molecular complexity index is 675. The van der Waals surface area contributed by atoms with Gasteiger partial charge in [-0.15, -0.1) is 34.2 Å². The molecule has 0 amide bonds. The van der Waals surface area contributed by atoms with Crippen LogP contribution in [-0.2, 0) is 33.1 Å². The number of halogens is 1. The highest BCUT2D eigenvalue weighted by Crippen LogP contribution is 2.13. The number of nitrogens with one attached hydrogen (secondary N) is 2. The van der Waals surface area contributed by atoms with Gasteiger partial charge in [-0.05, 0) is 25.8 Å². The van der Waals surface area contributed by atoms with Crippen LogP contribution in [0.1, 0.15) is 37.1 Å². The second-order valence-electron chi connectivity index (χ2n) is 5.64. The van der Waals surface area contributed by atoms with E-state index in [1.54, 1.807) is 6.20 Å². The lowest BCUT2D eigenvalue weighted by Gasteiger charge is -2.16. The fraction of sp³-hybridized carbons (Fsp3) is 0.600. The van der Waals surface area contributed by atoms with Crippen LogP contribution < -0.4 is 10.6 Å². The Labute approximate surface area is 159 Å². The Morgan fingerprint density at radius 3 is 2.92 bits per heavy atom. The van der Waals surface area contributed by atoms with Gasteiger partial charge in [0.1, 0.15) is 5.82 Å². The minimum Gasteiger partial charge on any atom is -0.357 e. The van der Waals surface area contributed by atoms with Crippen molar-refractivity contribution in [1.82, 2.24) is 35.2 Å². The average Bonchev–Trinajstić information content (AvgIpc) is 3.16. The van der Waals surface area contributed by atoms with Crippen molar-refractivity contribution in [3.63, 3.8) is 0 Å². The van der Waals surface area contributed by atoms with Crippen molar-refractivity contribution in [3.05, 3.63) is 29.6 Å². The van der Waals surface area contributed by atoms with Crippen LogP contribution in [0.3, 0.4) is 0 Å². The summed E-state index contributed by atoms with van der Waals surface area (Å²) >= 11 is 0. The number of guanidine groups is 1. The van der Waals surface area contributed by atoms with Crippen LogP contribution in [0.5, 0.6) is 0 Å². The van der Waals surface area contributed by atoms with E-state index in [4.69, 9.17) is 0 Å². The number of fused-ring (bicyclic) bond motifs is 1. The highest BCUT2D eigenvalue weighted by molar-refractivity contribution is 14.0. The van der Waals surface area contributed by atoms with Crippen molar-refractivity contribution in [2.75, 3.05) is 6.54 Å². The summed E-state index contributed by atoms with van der Waals surface area (Å²) in [5.74, 6) is 2.86. The van der Waals surface area contributed by atoms with Crippen LogP contribution in [0.2, 0.25) is 0 Å². The lowest BCUT2D eigenvalue weighted by atomic mass is 10.2. The van der Waals surface area contributed by atoms with Crippen LogP contribution in [0.4, 0.5) is 0 Å². The first-order valence-corrected chi connectivity index (χ1v) is 8.18. The van der Waals surface area contributed by atoms with Crippen molar-refractivity contribution >= 4 is 29.9 Å². The molecule has 0 unspecified atom stereocenters. The maximum atomic E-state index is 4.60. The first kappa shape index (κ1) is 18.7. The maximum absolute atomic E-state index is 4.60. The molecule has 0 spiro atoms. The summed E-state index contributed by atoms with van der Waals surface area (Å²) in [5, 5.41) is 19.3. The predicted octanol–water partition coefficient (Wildman–Crippen LogP) is 1.22. The number of aryl methyl sites for hydroxylation is 2. The summed E-state index contributed by atoms with van der Waals surface area (Å²) in [6, 6.07) is 1.97. The van der Waals surface area contributed by atoms with E-state index in [1.165, 1.54) is 12.8 Å². The second-order valence-corrected chi connectivity index (χ2v) is 5.64. The molecule has 2 aromatic heterocycles. The molecule has 0 fully saturated rings. The van der Waals surface area contributed by atoms with Crippen molar-refractivity contribution in [2.45, 2.75) is 45.8 Å². The van der Waals surface area contributed by atoms with Crippen molar-refractivity contribution in [1.29, 1.82) is 0 Å². The van der Waals surface area contributed by atoms with Crippen LogP contribution in [-0.4, -0.2) is 37.0 Å². The molecule has 1 aliphatic heterocycles. The average molecular weight is 444 g/mol. The Hall–Kier alpha value is -1.65. The summed E-state index contributed by atoms with van der Waals surface area (Å²) in [6.07, 6.45) is 5.22. The number of hydrogen-bond donors (Lipinski definition) is 2. The first-order valence-electron chi connectivity index (χ1n) is 8.18. The zero-order valence-corrected chi connectivity index (χ0v) is 16.5. The standard InChI is InChI=1S/C15H24N8.HI/c1-3-16-15(17-10-12-7-8-19-22(12)2)18-11-14-21-20-13-6-4-5-9-23(13)14;/h7-8H,3-6,9-11H2,1-2H3,(H2,16,17,18);1H. The van der Waals surface area contributed by atoms with E-state index in [-0.39, 0.29) is 24.0 Å². The van der Waals surface area contributed by atoms with Crippen LogP contribution in [0.15, 0.2) is 17.3 Å². The van der Waals surface area contributed by atoms with E-state index < -0.39 is 0 Å². The molecule has 9 heteroatoms. The van der Waals surface area contributed by atoms with Gasteiger partial charge in [-0.1, -0.05) is 0 Å². The van der Waals surface area contributed by atoms with Gasteiger partial charge in [0.2, 0.25) is 0 Å². The van der Waals surface area contributed by atoms with Gasteiger partial charge < -0.3 is 15.2 Å². The molecule has 8 nitrogen and oxygen atoms in total. The van der Waals surface area contributed by atoms with E-state index in [9.17, 15) is 0 Å². The number of aliphatic imine (C=N–C) groups is 1. The Balaban J connectivity index is 0.00000208. The maximum Gasteiger partial charge on any atom is 0.192 e. The Morgan fingerprint density at radius 2 is 2.17 bits per heavy atom. The number of nitrogens with zero attached hydrogens (tertiary/aromatic N) is 6. The molecule has 0 atom stereocenters. The van der Waals surface area contributed by atoms with Crippen molar-refractivity contribution in [2.24, 2.45) is 12.0 Å². The minimum absolute atomic E-state index is 0. The number of hydrogen-bond acceptors (Lipinski definition) is 4. The third-order valence-electron chi connectivity index (χ3n) is 4.02. The zero-order valence-electron chi connectivity index (χ0n) is 14.2. The smallest absolute Gasteiger partial charge is 0.192 e. The third kappa shape index (κ3) is 4.46. The number of aromatic nitrogens is 5. The van der Waals surface area contributed by atoms with E-state index in [0.717, 1.165) is 42.8 Å². The lowest BCUT2D eigenvalue weighted by molar-refractivity contribution is 0.504. The third-order valence-corrected chi connectivity index (χ3v) is 4.02. The van der Waals surface area contributed by atoms with Gasteiger partial charge in [0, 0.05) is 32.8 Å². The Kier molecular flexibility index (Phi) is 7.00. The highest BCUT2D eigenvalue weighted by Gasteiger charge is 2.15. The van der Waals surface area contributed by atoms with Crippen LogP contribution >= 0.6 is 24.0 Å². The van der Waals surface area contributed by atoms with Crippen molar-refractivity contribution < 1.29 is 0 Å². The topological polar surface area (TPSA) is 84.9 Å². The Morgan fingerprint density at radius 1 is 1.29 bits per heavy atom. The first-order chi connectivity index (χ1) is 11.3. The van der Waals surface area contributed by atoms with Crippen LogP contribution in [0.25, 0.3) is 0 Å². The molecule has 132 valence electrons. The molecule has 0 aliphatic carbocycles. The van der Waals surface area contributed by atoms with Gasteiger partial charge in [-0.2, -0.15) is 5.10 Å². The molecule has 2 N–H and O–H groups in total. The highest BCUT2D eigenvalue weighted by atomic mass is 127. The monoisotopic (exact) mass is 444 g/mol. The van der Waals surface area contributed by atoms with Gasteiger partial charge in [0.25, 0.3) is 0 Å². The van der Waals surface area contributed by atoms with Gasteiger partial charge in [-0.3, -0.25) is 4.68 Å². The van der Waals surface area contributed by atoms with Gasteiger partial charge in [-0.25, -0.2) is 4.99 Å². The summed E-state index contributed by atoms with van der Waals surface area (Å²) < 4.78 is 4.06. The zero-order chi connectivity index (χ0) is 16.1. The fourth-order valence-electron chi connectivity index (χ4n) is 2.72. The van der Waals surface area contributed by atoms with Gasteiger partial charge >= 0.3 is 0 Å². The normalized spacial score (nSPS) is 14.0. The molecule has 1 aliphatic rings. The minimum atomic E-state index is 0. The molecule has 2 aromatic rings. The van der Waals surface area contributed by atoms with E-state index in [1.807, 2.05) is 17.8 Å². The molecule has 0 saturated carbocycles. The molecule has 0 bridgehead atoms. The molecule has 3 rings (SSSR count). The predicted molar refractivity (Wildman–Crippen MR) is 103 cm³/mol. The van der Waals surface area contributed by atoms with E-state index in [0.29, 0.717) is 13.1 Å². The lowest BCUT2D eigenvalue weighted by Crippen LogP contribution is -2.37. The quantitative estimate of drug-likeness (QED) is 0.412. The molecule has 0 aromatic carbocycles. The summed E-state index contributed by atoms with van der Waals surface area (Å²) in [6.45, 7) is 5.10. The molecule has 3 heterocycles. The fourth-order valence-corrected chi connectivity index (χ4v) is 2.72. The molecular weight excluding hydrogens is 419 g/mol. The molecule has 0 radical (unpaired) electrons. The SMILES string of the molecule is CCNC(=NCc1ccnn1C)NCc1nnc2n1CCCC2.I. The summed E-state index contributed by atoms with van der Waals surface area (Å²) in [7, 11) is 1.92. The summed E-state index contributed by atoms with van der Waals surface area (Å²) in [5.41, 5.74) is 1.07.